The van der Waals surface area contributed by atoms with E-state index in [1.165, 1.54) is 30.4 Å². The van der Waals surface area contributed by atoms with E-state index < -0.39 is 16.9 Å². The van der Waals surface area contributed by atoms with Crippen LogP contribution in [0.25, 0.3) is 0 Å². The van der Waals surface area contributed by atoms with Gasteiger partial charge in [0.1, 0.15) is 6.04 Å². The Balaban J connectivity index is 2.81. The molecule has 1 aliphatic carbocycles. The highest BCUT2D eigenvalue weighted by Crippen LogP contribution is 2.07. The van der Waals surface area contributed by atoms with E-state index in [1.807, 2.05) is 0 Å². The summed E-state index contributed by atoms with van der Waals surface area (Å²) in [4.78, 5) is 9.89. The zero-order valence-electron chi connectivity index (χ0n) is 7.66. The number of allylic oxidation sites excluding steroid dienone is 5. The molecule has 0 radical (unpaired) electrons. The molecule has 3 N–H and O–H groups in total. The summed E-state index contributed by atoms with van der Waals surface area (Å²) in [6.45, 7) is 0. The highest BCUT2D eigenvalue weighted by atomic mass is 16.8. The number of carbonyl (C=O) groups is 1. The number of rotatable bonds is 2. The lowest BCUT2D eigenvalue weighted by Gasteiger charge is -2.08. The van der Waals surface area contributed by atoms with Gasteiger partial charge in [-0.15, -0.1) is 0 Å². The number of aliphatic carboxylic acids is 1. The van der Waals surface area contributed by atoms with Crippen molar-refractivity contribution in [3.05, 3.63) is 46.4 Å². The quantitative estimate of drug-likeness (QED) is 0.487. The number of nitrogens with two attached hydrogens (primary N) is 1. The summed E-state index contributed by atoms with van der Waals surface area (Å²) in [6, 6.07) is -1.11. The molecule has 0 aromatic rings. The van der Waals surface area contributed by atoms with Crippen molar-refractivity contribution in [3.63, 3.8) is 0 Å². The van der Waals surface area contributed by atoms with Gasteiger partial charge in [-0.3, -0.25) is 4.79 Å². The maximum absolute atomic E-state index is 10.4. The molecule has 80 valence electrons. The summed E-state index contributed by atoms with van der Waals surface area (Å²) < 4.78 is 0. The van der Waals surface area contributed by atoms with Crippen LogP contribution in [-0.4, -0.2) is 27.7 Å². The lowest BCUT2D eigenvalue weighted by molar-refractivity contribution is -0.377. The summed E-state index contributed by atoms with van der Waals surface area (Å²) in [5.41, 5.74) is 5.75. The van der Waals surface area contributed by atoms with Gasteiger partial charge in [-0.1, -0.05) is 0 Å². The van der Waals surface area contributed by atoms with Crippen LogP contribution in [0.15, 0.2) is 36.0 Å². The van der Waals surface area contributed by atoms with Gasteiger partial charge in [0.2, 0.25) is 5.71 Å². The van der Waals surface area contributed by atoms with Crippen LogP contribution in [0, 0.1) is 10.4 Å². The molecule has 0 saturated carbocycles. The summed E-state index contributed by atoms with van der Waals surface area (Å²) in [6.07, 6.45) is 6.79. The van der Waals surface area contributed by atoms with Crippen LogP contribution < -0.4 is 5.73 Å². The molecule has 6 heteroatoms. The zero-order chi connectivity index (χ0) is 11.4. The first-order valence-electron chi connectivity index (χ1n) is 4.08. The molecule has 0 fully saturated rings. The van der Waals surface area contributed by atoms with Crippen LogP contribution in [0.1, 0.15) is 0 Å². The Morgan fingerprint density at radius 1 is 1.40 bits per heavy atom. The summed E-state index contributed by atoms with van der Waals surface area (Å²) in [5.74, 6) is -1.15. The molecule has 0 saturated heterocycles. The molecule has 1 aliphatic rings. The summed E-state index contributed by atoms with van der Waals surface area (Å²) >= 11 is 0. The highest BCUT2D eigenvalue weighted by Gasteiger charge is 2.09. The Morgan fingerprint density at radius 3 is 2.33 bits per heavy atom. The number of hydrogen-bond donors (Lipinski definition) is 2. The molecule has 0 aromatic heterocycles. The Hall–Kier alpha value is -2.08. The Bertz CT molecular complexity index is 371. The minimum Gasteiger partial charge on any atom is -0.612 e. The molecule has 0 amide bonds. The number of carboxylic acids is 1. The normalized spacial score (nSPS) is 16.3. The topological polar surface area (TPSA) is 112 Å². The van der Waals surface area contributed by atoms with Gasteiger partial charge in [-0.25, -0.2) is 0 Å². The van der Waals surface area contributed by atoms with Gasteiger partial charge in [-0.05, 0) is 23.8 Å². The third kappa shape index (κ3) is 2.96. The molecule has 15 heavy (non-hydrogen) atoms. The van der Waals surface area contributed by atoms with Crippen LogP contribution in [-0.2, 0) is 4.79 Å². The fraction of sp³-hybridized carbons (Fsp3) is 0.111. The summed E-state index contributed by atoms with van der Waals surface area (Å²) in [5, 5.41) is 29.2. The predicted octanol–water partition coefficient (Wildman–Crippen LogP) is -0.100. The van der Waals surface area contributed by atoms with E-state index >= 15 is 0 Å². The minimum atomic E-state index is -1.15. The van der Waals surface area contributed by atoms with Gasteiger partial charge in [0.15, 0.2) is 0 Å². The summed E-state index contributed by atoms with van der Waals surface area (Å²) in [7, 11) is 0. The highest BCUT2D eigenvalue weighted by molar-refractivity contribution is 6.02. The van der Waals surface area contributed by atoms with Gasteiger partial charge in [-0.2, -0.15) is 4.90 Å². The van der Waals surface area contributed by atoms with Crippen LogP contribution in [0.4, 0.5) is 0 Å². The average molecular weight is 209 g/mol. The molecule has 0 heterocycles. The first kappa shape index (κ1) is 11.0. The van der Waals surface area contributed by atoms with E-state index in [0.29, 0.717) is 5.57 Å². The second-order valence-corrected chi connectivity index (χ2v) is 2.88. The van der Waals surface area contributed by atoms with Gasteiger partial charge in [0.25, 0.3) is 0 Å². The Kier molecular flexibility index (Phi) is 3.25. The third-order valence-electron chi connectivity index (χ3n) is 1.76. The van der Waals surface area contributed by atoms with Crippen molar-refractivity contribution in [2.45, 2.75) is 6.04 Å². The van der Waals surface area contributed by atoms with Crippen molar-refractivity contribution in [1.29, 1.82) is 0 Å². The van der Waals surface area contributed by atoms with E-state index in [4.69, 9.17) is 10.8 Å². The monoisotopic (exact) mass is 209 g/mol. The van der Waals surface area contributed by atoms with Crippen LogP contribution in [0.2, 0.25) is 0 Å². The predicted molar refractivity (Wildman–Crippen MR) is 54.0 cm³/mol. The Morgan fingerprint density at radius 2 is 1.93 bits per heavy atom. The van der Waals surface area contributed by atoms with E-state index in [0.717, 1.165) is 0 Å². The lowest BCUT2D eigenvalue weighted by atomic mass is 10.1. The van der Waals surface area contributed by atoms with Gasteiger partial charge < -0.3 is 21.3 Å². The molecule has 0 aliphatic heterocycles. The minimum absolute atomic E-state index is 0.0453. The third-order valence-corrected chi connectivity index (χ3v) is 1.76. The van der Waals surface area contributed by atoms with Crippen LogP contribution in [0.5, 0.6) is 0 Å². The van der Waals surface area contributed by atoms with Crippen molar-refractivity contribution in [3.8, 4) is 0 Å². The molecule has 0 bridgehead atoms. The molecule has 0 spiro atoms. The van der Waals surface area contributed by atoms with Gasteiger partial charge in [0, 0.05) is 12.2 Å². The van der Waals surface area contributed by atoms with Crippen molar-refractivity contribution in [2.75, 3.05) is 0 Å². The molecular weight excluding hydrogens is 200 g/mol. The molecule has 1 rings (SSSR count). The average Bonchev–Trinajstić information content (AvgIpc) is 2.18. The fourth-order valence-corrected chi connectivity index (χ4v) is 0.986. The van der Waals surface area contributed by atoms with E-state index in [1.54, 1.807) is 0 Å². The van der Waals surface area contributed by atoms with Crippen molar-refractivity contribution in [1.82, 2.24) is 0 Å². The maximum Gasteiger partial charge on any atom is 0.324 e. The van der Waals surface area contributed by atoms with Crippen LogP contribution >= 0.6 is 0 Å². The van der Waals surface area contributed by atoms with E-state index in [-0.39, 0.29) is 5.71 Å². The van der Waals surface area contributed by atoms with Crippen LogP contribution in [0.3, 0.4) is 0 Å². The molecule has 1 atom stereocenters. The van der Waals surface area contributed by atoms with Crippen molar-refractivity contribution < 1.29 is 14.8 Å². The van der Waals surface area contributed by atoms with E-state index in [9.17, 15) is 15.2 Å². The second-order valence-electron chi connectivity index (χ2n) is 2.88. The lowest BCUT2D eigenvalue weighted by Crippen LogP contribution is -2.27. The number of hydrogen-bond acceptors (Lipinski definition) is 4. The van der Waals surface area contributed by atoms with Crippen molar-refractivity contribution in [2.24, 2.45) is 5.73 Å². The van der Waals surface area contributed by atoms with Gasteiger partial charge in [0.05, 0.1) is 0 Å². The largest absolute Gasteiger partial charge is 0.612 e. The standard InChI is InChI=1S/C9H9N2O4/c10-8(9(12)13)5-6-1-3-7(4-2-6)11(14)15/h1-5,8H,10H2,(H-,12,13,14,15)/q-1. The zero-order valence-corrected chi connectivity index (χ0v) is 7.66. The first-order valence-corrected chi connectivity index (χ1v) is 4.08. The second kappa shape index (κ2) is 4.43. The maximum atomic E-state index is 10.4. The SMILES string of the molecule is NC(C=C1C=CC(=[N+]([O-])[O-])C=C1)C(=O)O. The molecule has 6 nitrogen and oxygen atoms in total. The van der Waals surface area contributed by atoms with Crippen molar-refractivity contribution >= 4 is 11.7 Å². The van der Waals surface area contributed by atoms with E-state index in [2.05, 4.69) is 0 Å². The first-order chi connectivity index (χ1) is 7.00. The molecular formula is C9H9N2O4-. The smallest absolute Gasteiger partial charge is 0.324 e. The molecule has 1 unspecified atom stereocenters. The Labute approximate surface area is 85.5 Å². The fourth-order valence-electron chi connectivity index (χ4n) is 0.986. The number of carboxylic acid groups (broad SMARTS) is 1. The number of nitrogens with zero attached hydrogens (tertiary/aromatic N) is 1. The molecule has 0 aromatic carbocycles. The van der Waals surface area contributed by atoms with Gasteiger partial charge >= 0.3 is 5.97 Å².